The molecule has 5 heterocycles. The van der Waals surface area contributed by atoms with E-state index in [1.165, 1.54) is 110 Å². The third-order valence-electron chi connectivity index (χ3n) is 13.5. The predicted molar refractivity (Wildman–Crippen MR) is 238 cm³/mol. The van der Waals surface area contributed by atoms with Crippen LogP contribution in [0.2, 0.25) is 0 Å². The molecule has 0 fully saturated rings. The van der Waals surface area contributed by atoms with Crippen molar-refractivity contribution < 1.29 is 0 Å². The molecule has 0 unspecified atom stereocenters. The molecular weight excluding hydrogens is 679 g/mol. The summed E-state index contributed by atoms with van der Waals surface area (Å²) in [7, 11) is -2.86. The first kappa shape index (κ1) is 31.7. The van der Waals surface area contributed by atoms with Gasteiger partial charge >= 0.3 is 0 Å². The summed E-state index contributed by atoms with van der Waals surface area (Å²) in [6.45, 7) is 16.7. The molecule has 0 bridgehead atoms. The number of aromatic nitrogens is 1. The van der Waals surface area contributed by atoms with Gasteiger partial charge in [-0.15, -0.1) is 0 Å². The van der Waals surface area contributed by atoms with Crippen molar-refractivity contribution in [2.24, 2.45) is 0 Å². The predicted octanol–water partition coefficient (Wildman–Crippen LogP) is 7.97. The van der Waals surface area contributed by atoms with Crippen molar-refractivity contribution in [2.45, 2.75) is 59.3 Å². The van der Waals surface area contributed by atoms with Crippen LogP contribution in [0.5, 0.6) is 0 Å². The van der Waals surface area contributed by atoms with Gasteiger partial charge in [0.05, 0.1) is 5.52 Å². The van der Waals surface area contributed by atoms with Gasteiger partial charge in [0.2, 0.25) is 0 Å². The third-order valence-corrected chi connectivity index (χ3v) is 18.4. The number of anilines is 3. The van der Waals surface area contributed by atoms with Crippen LogP contribution in [0, 0.1) is 6.92 Å². The van der Waals surface area contributed by atoms with Gasteiger partial charge in [0, 0.05) is 39.0 Å². The lowest BCUT2D eigenvalue weighted by Gasteiger charge is -2.50. The van der Waals surface area contributed by atoms with Gasteiger partial charge in [0.25, 0.3) is 6.71 Å². The molecule has 0 saturated carbocycles. The Kier molecular flexibility index (Phi) is 5.88. The number of hydrogen-bond acceptors (Lipinski definition) is 1. The molecule has 1 aromatic heterocycles. The van der Waals surface area contributed by atoms with Gasteiger partial charge in [0.15, 0.2) is 8.07 Å². The summed E-state index contributed by atoms with van der Waals surface area (Å²) in [5, 5.41) is 8.77. The summed E-state index contributed by atoms with van der Waals surface area (Å²) in [4.78, 5) is 2.72. The smallest absolute Gasteiger partial charge is 0.252 e. The first-order valence-corrected chi connectivity index (χ1v) is 22.0. The fourth-order valence-corrected chi connectivity index (χ4v) is 16.7. The average Bonchev–Trinajstić information content (AvgIpc) is 3.66. The molecule has 0 N–H and O–H groups in total. The van der Waals surface area contributed by atoms with Crippen LogP contribution in [0.4, 0.5) is 17.1 Å². The number of para-hydroxylation sites is 2. The normalized spacial score (nSPS) is 15.3. The van der Waals surface area contributed by atoms with Gasteiger partial charge in [-0.3, -0.25) is 0 Å². The highest BCUT2D eigenvalue weighted by atomic mass is 28.3. The molecular formula is C51H43BN2Si. The lowest BCUT2D eigenvalue weighted by Crippen LogP contribution is -2.77. The van der Waals surface area contributed by atoms with E-state index in [0.717, 1.165) is 0 Å². The summed E-state index contributed by atoms with van der Waals surface area (Å²) in [6.07, 6.45) is 0. The number of nitrogens with zero attached hydrogens (tertiary/aromatic N) is 2. The van der Waals surface area contributed by atoms with Crippen molar-refractivity contribution in [3.05, 3.63) is 150 Å². The van der Waals surface area contributed by atoms with Crippen molar-refractivity contribution in [2.75, 3.05) is 4.90 Å². The Morgan fingerprint density at radius 2 is 1.15 bits per heavy atom. The van der Waals surface area contributed by atoms with E-state index in [9.17, 15) is 0 Å². The molecule has 4 aliphatic heterocycles. The van der Waals surface area contributed by atoms with Crippen LogP contribution in [0.3, 0.4) is 0 Å². The van der Waals surface area contributed by atoms with Crippen LogP contribution in [-0.4, -0.2) is 19.4 Å². The monoisotopic (exact) mass is 722 g/mol. The van der Waals surface area contributed by atoms with Crippen molar-refractivity contribution in [3.63, 3.8) is 0 Å². The quantitative estimate of drug-likeness (QED) is 0.144. The highest BCUT2D eigenvalue weighted by molar-refractivity contribution is 7.24. The SMILES string of the molecule is Cc1cc2c3c(c1)-n1c4ccccc4c4cccc(c41)B3c1cc(C(C)(C)C)cc3c1N2c1ccc(C(C)(C)C)cc1[Si]31c2ccccc2-c2ccccc21. The number of benzene rings is 7. The fourth-order valence-electron chi connectivity index (χ4n) is 11.1. The number of rotatable bonds is 0. The van der Waals surface area contributed by atoms with E-state index in [1.807, 2.05) is 0 Å². The van der Waals surface area contributed by atoms with Crippen molar-refractivity contribution in [1.82, 2.24) is 4.57 Å². The average molecular weight is 723 g/mol. The lowest BCUT2D eigenvalue weighted by molar-refractivity contribution is 0.591. The summed E-state index contributed by atoms with van der Waals surface area (Å²) in [6, 6.07) is 52.7. The molecule has 1 spiro atoms. The molecule has 12 rings (SSSR count). The summed E-state index contributed by atoms with van der Waals surface area (Å²) in [5.74, 6) is 0. The first-order chi connectivity index (χ1) is 26.5. The summed E-state index contributed by atoms with van der Waals surface area (Å²) < 4.78 is 2.59. The maximum Gasteiger partial charge on any atom is 0.252 e. The van der Waals surface area contributed by atoms with E-state index < -0.39 is 8.07 Å². The molecule has 0 aliphatic carbocycles. The number of hydrogen-bond donors (Lipinski definition) is 0. The maximum atomic E-state index is 2.72. The standard InChI is InChI=1S/C51H43BN2Si/c1-30-25-41-47-42(26-30)54-40-24-23-31(50(2,3)4)28-45(40)55(43-21-12-9-16-34(43)35-17-10-13-22-44(35)55)46-29-32(51(5,6)7)27-38(49(46)54)52(47)37-19-14-18-36-33-15-8-11-20-39(33)53(41)48(36)37/h8-29H,1-7H3. The molecule has 264 valence electrons. The first-order valence-electron chi connectivity index (χ1n) is 20.0. The topological polar surface area (TPSA) is 8.17 Å². The second-order valence-corrected chi connectivity index (χ2v) is 22.3. The molecule has 4 aliphatic rings. The van der Waals surface area contributed by atoms with E-state index in [1.54, 1.807) is 0 Å². The van der Waals surface area contributed by atoms with Crippen LogP contribution < -0.4 is 42.0 Å². The lowest BCUT2D eigenvalue weighted by atomic mass is 9.33. The van der Waals surface area contributed by atoms with Gasteiger partial charge in [-0.2, -0.15) is 0 Å². The Hall–Kier alpha value is -5.58. The van der Waals surface area contributed by atoms with Gasteiger partial charge in [0.1, 0.15) is 0 Å². The minimum absolute atomic E-state index is 0.00100. The highest BCUT2D eigenvalue weighted by Crippen LogP contribution is 2.46. The Labute approximate surface area is 325 Å². The second-order valence-electron chi connectivity index (χ2n) is 18.6. The molecule has 0 amide bonds. The van der Waals surface area contributed by atoms with Crippen LogP contribution in [0.15, 0.2) is 133 Å². The minimum Gasteiger partial charge on any atom is -0.312 e. The Bertz CT molecular complexity index is 3000. The van der Waals surface area contributed by atoms with Gasteiger partial charge < -0.3 is 9.47 Å². The zero-order valence-corrected chi connectivity index (χ0v) is 33.7. The van der Waals surface area contributed by atoms with E-state index in [4.69, 9.17) is 0 Å². The number of aryl methyl sites for hydroxylation is 1. The fraction of sp³-hybridized carbons (Fsp3) is 0.176. The zero-order chi connectivity index (χ0) is 37.3. The molecule has 4 heteroatoms. The van der Waals surface area contributed by atoms with Crippen LogP contribution in [-0.2, 0) is 10.8 Å². The van der Waals surface area contributed by atoms with Gasteiger partial charge in [-0.1, -0.05) is 151 Å². The van der Waals surface area contributed by atoms with Crippen LogP contribution >= 0.6 is 0 Å². The summed E-state index contributed by atoms with van der Waals surface area (Å²) in [5.41, 5.74) is 19.2. The maximum absolute atomic E-state index is 2.86. The minimum atomic E-state index is -2.86. The molecule has 8 aromatic rings. The molecule has 2 nitrogen and oxygen atoms in total. The van der Waals surface area contributed by atoms with Crippen molar-refractivity contribution >= 4 is 90.8 Å². The van der Waals surface area contributed by atoms with E-state index in [0.29, 0.717) is 0 Å². The molecule has 7 aromatic carbocycles. The molecule has 0 atom stereocenters. The zero-order valence-electron chi connectivity index (χ0n) is 32.7. The molecule has 0 saturated heterocycles. The summed E-state index contributed by atoms with van der Waals surface area (Å²) >= 11 is 0. The largest absolute Gasteiger partial charge is 0.312 e. The van der Waals surface area contributed by atoms with E-state index in [2.05, 4.69) is 191 Å². The van der Waals surface area contributed by atoms with Crippen LogP contribution in [0.25, 0.3) is 38.6 Å². The Balaban J connectivity index is 1.33. The highest BCUT2D eigenvalue weighted by Gasteiger charge is 2.57. The van der Waals surface area contributed by atoms with Crippen LogP contribution in [0.1, 0.15) is 58.2 Å². The van der Waals surface area contributed by atoms with E-state index >= 15 is 0 Å². The Morgan fingerprint density at radius 1 is 0.509 bits per heavy atom. The third kappa shape index (κ3) is 3.77. The second kappa shape index (κ2) is 10.2. The van der Waals surface area contributed by atoms with Gasteiger partial charge in [-0.25, -0.2) is 0 Å². The van der Waals surface area contributed by atoms with Gasteiger partial charge in [-0.05, 0) is 107 Å². The Morgan fingerprint density at radius 3 is 1.87 bits per heavy atom. The van der Waals surface area contributed by atoms with Crippen molar-refractivity contribution in [3.8, 4) is 16.8 Å². The van der Waals surface area contributed by atoms with E-state index in [-0.39, 0.29) is 17.5 Å². The molecule has 55 heavy (non-hydrogen) atoms. The molecule has 0 radical (unpaired) electrons. The number of fused-ring (bicyclic) bond motifs is 16. The van der Waals surface area contributed by atoms with Crippen molar-refractivity contribution in [1.29, 1.82) is 0 Å².